The fourth-order valence-electron chi connectivity index (χ4n) is 0.470. The number of rotatable bonds is 0. The van der Waals surface area contributed by atoms with E-state index in [4.69, 9.17) is 60.3 Å². The quantitative estimate of drug-likeness (QED) is 0.155. The van der Waals surface area contributed by atoms with E-state index in [1.807, 2.05) is 24.3 Å². The van der Waals surface area contributed by atoms with Gasteiger partial charge in [-0.25, -0.2) is 0 Å². The summed E-state index contributed by atoms with van der Waals surface area (Å²) >= 11 is 0. The minimum atomic E-state index is -2.17. The van der Waals surface area contributed by atoms with Crippen molar-refractivity contribution in [1.82, 2.24) is 0 Å². The minimum absolute atomic E-state index is 0. The Kier molecular flexibility index (Phi) is 39.8. The van der Waals surface area contributed by atoms with Crippen LogP contribution in [0.15, 0.2) is 24.3 Å². The Morgan fingerprint density at radius 2 is 0.750 bits per heavy atom. The fraction of sp³-hybridized carbons (Fsp3) is 0.143. The molecule has 0 aromatic heterocycles. The van der Waals surface area contributed by atoms with Crippen LogP contribution < -0.4 is 18.9 Å². The Labute approximate surface area is 151 Å². The van der Waals surface area contributed by atoms with Crippen molar-refractivity contribution < 1.29 is 79.1 Å². The zero-order chi connectivity index (χ0) is 19.4. The zero-order valence-corrected chi connectivity index (χ0v) is 13.0. The molecule has 0 bridgehead atoms. The first-order valence-corrected chi connectivity index (χ1v) is 5.42. The molecule has 12 nitrogen and oxygen atoms in total. The molecule has 132 valence electrons. The summed E-state index contributed by atoms with van der Waals surface area (Å²) in [5.74, 6) is 0. The summed E-state index contributed by atoms with van der Waals surface area (Å²) in [4.78, 5) is 0. The van der Waals surface area contributed by atoms with Crippen LogP contribution >= 0.6 is 0 Å². The largest absolute Gasteiger partial charge is 1.00 e. The van der Waals surface area contributed by atoms with Crippen molar-refractivity contribution in [2.75, 3.05) is 0 Å². The van der Waals surface area contributed by atoms with Gasteiger partial charge < -0.3 is 60.3 Å². The summed E-state index contributed by atoms with van der Waals surface area (Å²) in [5.41, 5.74) is 1.29. The Balaban J connectivity index is -0.0000000641. The molecule has 0 spiro atoms. The molecule has 0 amide bonds. The van der Waals surface area contributed by atoms with E-state index >= 15 is 0 Å². The van der Waals surface area contributed by atoms with E-state index in [-0.39, 0.29) is 18.9 Å². The van der Waals surface area contributed by atoms with Crippen LogP contribution in [0.4, 0.5) is 0 Å². The van der Waals surface area contributed by atoms with Crippen molar-refractivity contribution in [1.29, 1.82) is 0 Å². The van der Waals surface area contributed by atoms with Gasteiger partial charge in [0.05, 0.1) is 0 Å². The Bertz CT molecular complexity index is 272. The molecule has 0 saturated heterocycles. The SMILES string of the molecule is Cc1cc[c-]cc1.OB(O)O.OB(O)O.OB(O)O.OB(O)O.[Li+]. The van der Waals surface area contributed by atoms with Gasteiger partial charge in [-0.3, -0.25) is 0 Å². The molecule has 0 saturated carbocycles. The van der Waals surface area contributed by atoms with Gasteiger partial charge >= 0.3 is 48.1 Å². The fourth-order valence-corrected chi connectivity index (χ4v) is 0.470. The Hall–Kier alpha value is -0.403. The smallest absolute Gasteiger partial charge is 0.402 e. The minimum Gasteiger partial charge on any atom is -0.402 e. The van der Waals surface area contributed by atoms with Crippen molar-refractivity contribution >= 4 is 29.3 Å². The van der Waals surface area contributed by atoms with E-state index in [2.05, 4.69) is 13.0 Å². The average molecular weight is 345 g/mol. The van der Waals surface area contributed by atoms with Crippen LogP contribution in [0.25, 0.3) is 0 Å². The zero-order valence-electron chi connectivity index (χ0n) is 13.0. The van der Waals surface area contributed by atoms with Crippen LogP contribution in [0, 0.1) is 13.0 Å². The van der Waals surface area contributed by atoms with Gasteiger partial charge in [-0.2, -0.15) is 35.9 Å². The van der Waals surface area contributed by atoms with Crippen LogP contribution in [-0.2, 0) is 0 Å². The van der Waals surface area contributed by atoms with Crippen LogP contribution in [0.5, 0.6) is 0 Å². The summed E-state index contributed by atoms with van der Waals surface area (Å²) in [7, 11) is -8.67. The molecular formula is C7H19B4LiO12. The van der Waals surface area contributed by atoms with Gasteiger partial charge in [0.15, 0.2) is 0 Å². The molecule has 0 aliphatic carbocycles. The van der Waals surface area contributed by atoms with Gasteiger partial charge in [-0.05, 0) is 0 Å². The maximum Gasteiger partial charge on any atom is 1.00 e. The van der Waals surface area contributed by atoms with Crippen molar-refractivity contribution in [3.63, 3.8) is 0 Å². The summed E-state index contributed by atoms with van der Waals surface area (Å²) in [6.07, 6.45) is 0. The predicted octanol–water partition coefficient (Wildman–Crippen LogP) is -9.41. The second-order valence-electron chi connectivity index (χ2n) is 2.96. The van der Waals surface area contributed by atoms with Crippen molar-refractivity contribution in [3.05, 3.63) is 35.9 Å². The van der Waals surface area contributed by atoms with Gasteiger partial charge in [0.1, 0.15) is 0 Å². The molecule has 17 heteroatoms. The first kappa shape index (κ1) is 34.8. The monoisotopic (exact) mass is 346 g/mol. The first-order chi connectivity index (χ1) is 10.3. The average Bonchev–Trinajstić information content (AvgIpc) is 2.26. The van der Waals surface area contributed by atoms with Gasteiger partial charge in [-0.1, -0.05) is 6.92 Å². The van der Waals surface area contributed by atoms with Crippen molar-refractivity contribution in [3.8, 4) is 0 Å². The molecular weight excluding hydrogens is 326 g/mol. The predicted molar refractivity (Wildman–Crippen MR) is 79.7 cm³/mol. The summed E-state index contributed by atoms with van der Waals surface area (Å²) in [6, 6.07) is 10.8. The van der Waals surface area contributed by atoms with E-state index in [0.717, 1.165) is 0 Å². The van der Waals surface area contributed by atoms with Crippen LogP contribution in [0.2, 0.25) is 0 Å². The van der Waals surface area contributed by atoms with E-state index in [1.54, 1.807) is 0 Å². The summed E-state index contributed by atoms with van der Waals surface area (Å²) in [5, 5.41) is 86.0. The number of hydrogen-bond acceptors (Lipinski definition) is 12. The Morgan fingerprint density at radius 3 is 0.833 bits per heavy atom. The van der Waals surface area contributed by atoms with Crippen LogP contribution in [0.1, 0.15) is 5.56 Å². The van der Waals surface area contributed by atoms with E-state index in [1.165, 1.54) is 5.56 Å². The molecule has 12 N–H and O–H groups in total. The molecule has 0 aliphatic rings. The molecule has 0 radical (unpaired) electrons. The molecule has 0 fully saturated rings. The van der Waals surface area contributed by atoms with Crippen molar-refractivity contribution in [2.45, 2.75) is 6.92 Å². The molecule has 24 heavy (non-hydrogen) atoms. The third kappa shape index (κ3) is 159. The number of aryl methyl sites for hydroxylation is 1. The number of hydrogen-bond donors (Lipinski definition) is 12. The first-order valence-electron chi connectivity index (χ1n) is 5.42. The standard InChI is InChI=1S/C7H7.4BH3O3.Li/c1-7-5-3-2-4-6-7;4*2-1(3)4;/h3-6H,1H3;4*2-4H;/q-1;;;;;+1. The molecule has 0 aliphatic heterocycles. The maximum atomic E-state index is 7.17. The molecule has 1 rings (SSSR count). The summed E-state index contributed by atoms with van der Waals surface area (Å²) < 4.78 is 0. The van der Waals surface area contributed by atoms with Gasteiger partial charge in [0.25, 0.3) is 0 Å². The second-order valence-corrected chi connectivity index (χ2v) is 2.96. The normalized spacial score (nSPS) is 7.04. The van der Waals surface area contributed by atoms with Gasteiger partial charge in [0, 0.05) is 0 Å². The topological polar surface area (TPSA) is 243 Å². The van der Waals surface area contributed by atoms with E-state index < -0.39 is 29.3 Å². The Morgan fingerprint density at radius 1 is 0.583 bits per heavy atom. The second kappa shape index (κ2) is 27.4. The molecule has 0 heterocycles. The van der Waals surface area contributed by atoms with E-state index in [9.17, 15) is 0 Å². The third-order valence-corrected chi connectivity index (χ3v) is 0.885. The summed E-state index contributed by atoms with van der Waals surface area (Å²) in [6.45, 7) is 2.06. The van der Waals surface area contributed by atoms with Crippen LogP contribution in [0.3, 0.4) is 0 Å². The molecule has 1 aromatic rings. The molecule has 1 aromatic carbocycles. The third-order valence-electron chi connectivity index (χ3n) is 0.885. The van der Waals surface area contributed by atoms with Crippen molar-refractivity contribution in [2.24, 2.45) is 0 Å². The van der Waals surface area contributed by atoms with Crippen LogP contribution in [-0.4, -0.2) is 89.6 Å². The van der Waals surface area contributed by atoms with E-state index in [0.29, 0.717) is 0 Å². The number of benzene rings is 1. The van der Waals surface area contributed by atoms with Gasteiger partial charge in [-0.15, -0.1) is 0 Å². The maximum absolute atomic E-state index is 7.17. The molecule has 0 atom stereocenters. The van der Waals surface area contributed by atoms with Gasteiger partial charge in [0.2, 0.25) is 0 Å². The molecule has 0 unspecified atom stereocenters.